The second kappa shape index (κ2) is 5.90. The van der Waals surface area contributed by atoms with Crippen molar-refractivity contribution in [2.75, 3.05) is 45.9 Å². The average Bonchev–Trinajstić information content (AvgIpc) is 2.80. The normalized spacial score (nSPS) is 30.6. The Morgan fingerprint density at radius 3 is 2.70 bits per heavy atom. The van der Waals surface area contributed by atoms with Crippen molar-refractivity contribution >= 4 is 6.03 Å². The smallest absolute Gasteiger partial charge is 0.320 e. The van der Waals surface area contributed by atoms with Crippen LogP contribution in [0.4, 0.5) is 4.79 Å². The molecule has 3 saturated heterocycles. The molecule has 0 saturated carbocycles. The van der Waals surface area contributed by atoms with E-state index in [-0.39, 0.29) is 11.6 Å². The summed E-state index contributed by atoms with van der Waals surface area (Å²) in [7, 11) is 0. The molecule has 0 bridgehead atoms. The third kappa shape index (κ3) is 2.66. The van der Waals surface area contributed by atoms with Crippen molar-refractivity contribution in [1.29, 1.82) is 0 Å². The maximum Gasteiger partial charge on any atom is 0.320 e. The number of carbonyl (C=O) groups is 1. The highest BCUT2D eigenvalue weighted by Crippen LogP contribution is 2.33. The van der Waals surface area contributed by atoms with Crippen LogP contribution < -0.4 is 5.32 Å². The van der Waals surface area contributed by atoms with E-state index >= 15 is 0 Å². The summed E-state index contributed by atoms with van der Waals surface area (Å²) in [6, 6.07) is 0.264. The minimum atomic E-state index is 0.0324. The van der Waals surface area contributed by atoms with Gasteiger partial charge in [0, 0.05) is 39.4 Å². The van der Waals surface area contributed by atoms with Gasteiger partial charge in [-0.1, -0.05) is 6.92 Å². The Hall–Kier alpha value is -0.810. The van der Waals surface area contributed by atoms with Gasteiger partial charge in [0.15, 0.2) is 0 Å². The van der Waals surface area contributed by atoms with Gasteiger partial charge in [0.25, 0.3) is 0 Å². The Balaban J connectivity index is 1.77. The summed E-state index contributed by atoms with van der Waals surface area (Å²) in [6.45, 7) is 8.44. The number of urea groups is 1. The van der Waals surface area contributed by atoms with Crippen LogP contribution in [0.5, 0.6) is 0 Å². The first kappa shape index (κ1) is 14.1. The lowest BCUT2D eigenvalue weighted by atomic mass is 9.85. The predicted molar refractivity (Wildman–Crippen MR) is 77.7 cm³/mol. The van der Waals surface area contributed by atoms with E-state index in [0.717, 1.165) is 71.6 Å². The largest absolute Gasteiger partial charge is 0.381 e. The van der Waals surface area contributed by atoms with Crippen molar-refractivity contribution in [2.45, 2.75) is 38.1 Å². The average molecular weight is 281 g/mol. The molecule has 0 aromatic carbocycles. The van der Waals surface area contributed by atoms with Gasteiger partial charge in [-0.05, 0) is 38.1 Å². The highest BCUT2D eigenvalue weighted by Gasteiger charge is 2.43. The number of rotatable bonds is 0. The van der Waals surface area contributed by atoms with Crippen LogP contribution in [0.25, 0.3) is 0 Å². The lowest BCUT2D eigenvalue weighted by Crippen LogP contribution is -2.58. The maximum atomic E-state index is 13.0. The van der Waals surface area contributed by atoms with Crippen LogP contribution in [-0.2, 0) is 4.74 Å². The first-order chi connectivity index (χ1) is 9.71. The van der Waals surface area contributed by atoms with Crippen molar-refractivity contribution in [3.8, 4) is 0 Å². The molecule has 3 aliphatic rings. The third-order valence-corrected chi connectivity index (χ3v) is 5.20. The summed E-state index contributed by atoms with van der Waals surface area (Å²) in [4.78, 5) is 17.2. The molecule has 1 spiro atoms. The Kier molecular flexibility index (Phi) is 4.17. The first-order valence-electron chi connectivity index (χ1n) is 8.06. The third-order valence-electron chi connectivity index (χ3n) is 5.20. The number of amides is 2. The van der Waals surface area contributed by atoms with E-state index in [2.05, 4.69) is 22.0 Å². The molecular weight excluding hydrogens is 254 g/mol. The summed E-state index contributed by atoms with van der Waals surface area (Å²) in [6.07, 6.45) is 4.19. The fourth-order valence-electron chi connectivity index (χ4n) is 3.86. The minimum Gasteiger partial charge on any atom is -0.381 e. The molecule has 1 unspecified atom stereocenters. The summed E-state index contributed by atoms with van der Waals surface area (Å²) in [5.74, 6) is 0.648. The molecule has 3 fully saturated rings. The molecule has 20 heavy (non-hydrogen) atoms. The molecule has 2 amide bonds. The van der Waals surface area contributed by atoms with Gasteiger partial charge < -0.3 is 19.9 Å². The van der Waals surface area contributed by atoms with E-state index in [1.807, 2.05) is 0 Å². The van der Waals surface area contributed by atoms with Gasteiger partial charge in [0.1, 0.15) is 0 Å². The molecule has 0 aromatic rings. The zero-order chi connectivity index (χ0) is 14.0. The van der Waals surface area contributed by atoms with Crippen LogP contribution in [0.1, 0.15) is 32.6 Å². The van der Waals surface area contributed by atoms with Crippen molar-refractivity contribution in [3.63, 3.8) is 0 Å². The van der Waals surface area contributed by atoms with Gasteiger partial charge in [-0.2, -0.15) is 0 Å². The zero-order valence-corrected chi connectivity index (χ0v) is 12.6. The molecule has 0 aliphatic carbocycles. The van der Waals surface area contributed by atoms with Crippen LogP contribution in [-0.4, -0.2) is 67.3 Å². The van der Waals surface area contributed by atoms with Gasteiger partial charge in [0.05, 0.1) is 5.54 Å². The monoisotopic (exact) mass is 281 g/mol. The first-order valence-corrected chi connectivity index (χ1v) is 8.06. The van der Waals surface area contributed by atoms with Crippen molar-refractivity contribution in [2.24, 2.45) is 5.92 Å². The molecule has 0 radical (unpaired) electrons. The predicted octanol–water partition coefficient (Wildman–Crippen LogP) is 1.29. The maximum absolute atomic E-state index is 13.0. The number of ether oxygens (including phenoxy) is 1. The second-order valence-corrected chi connectivity index (χ2v) is 6.61. The number of hydrogen-bond acceptors (Lipinski definition) is 3. The van der Waals surface area contributed by atoms with Gasteiger partial charge in [0.2, 0.25) is 0 Å². The molecule has 1 atom stereocenters. The van der Waals surface area contributed by atoms with Crippen LogP contribution in [0.15, 0.2) is 0 Å². The van der Waals surface area contributed by atoms with Gasteiger partial charge >= 0.3 is 6.03 Å². The van der Waals surface area contributed by atoms with E-state index in [1.165, 1.54) is 0 Å². The Morgan fingerprint density at radius 2 is 2.00 bits per heavy atom. The van der Waals surface area contributed by atoms with E-state index < -0.39 is 0 Å². The van der Waals surface area contributed by atoms with E-state index in [4.69, 9.17) is 4.74 Å². The molecule has 3 heterocycles. The number of nitrogens with zero attached hydrogens (tertiary/aromatic N) is 2. The van der Waals surface area contributed by atoms with Crippen LogP contribution in [0.2, 0.25) is 0 Å². The van der Waals surface area contributed by atoms with E-state index in [1.54, 1.807) is 0 Å². The summed E-state index contributed by atoms with van der Waals surface area (Å²) >= 11 is 0. The lowest BCUT2D eigenvalue weighted by Gasteiger charge is -2.46. The highest BCUT2D eigenvalue weighted by atomic mass is 16.5. The van der Waals surface area contributed by atoms with Gasteiger partial charge in [-0.3, -0.25) is 0 Å². The number of hydrogen-bond donors (Lipinski definition) is 1. The van der Waals surface area contributed by atoms with Gasteiger partial charge in [-0.15, -0.1) is 0 Å². The SMILES string of the molecule is CC1CCN(C(=O)N2CCNCCC23CCOCC3)C1. The zero-order valence-electron chi connectivity index (χ0n) is 12.6. The molecule has 3 rings (SSSR count). The Labute approximate surface area is 121 Å². The van der Waals surface area contributed by atoms with Crippen LogP contribution >= 0.6 is 0 Å². The summed E-state index contributed by atoms with van der Waals surface area (Å²) in [5, 5.41) is 3.45. The Bertz CT molecular complexity index is 355. The van der Waals surface area contributed by atoms with Gasteiger partial charge in [-0.25, -0.2) is 4.79 Å². The van der Waals surface area contributed by atoms with Crippen molar-refractivity contribution in [3.05, 3.63) is 0 Å². The van der Waals surface area contributed by atoms with Crippen LogP contribution in [0, 0.1) is 5.92 Å². The number of nitrogens with one attached hydrogen (secondary N) is 1. The number of carbonyl (C=O) groups excluding carboxylic acids is 1. The number of likely N-dealkylation sites (tertiary alicyclic amines) is 1. The quantitative estimate of drug-likeness (QED) is 0.728. The van der Waals surface area contributed by atoms with Crippen molar-refractivity contribution < 1.29 is 9.53 Å². The Morgan fingerprint density at radius 1 is 1.20 bits per heavy atom. The molecule has 5 heteroatoms. The summed E-state index contributed by atoms with van der Waals surface area (Å²) < 4.78 is 5.54. The highest BCUT2D eigenvalue weighted by molar-refractivity contribution is 5.76. The molecule has 1 N–H and O–H groups in total. The molecular formula is C15H27N3O2. The standard InChI is InChI=1S/C15H27N3O2/c1-13-2-8-17(12-13)14(19)18-9-7-16-6-3-15(18)4-10-20-11-5-15/h13,16H,2-12H2,1H3. The van der Waals surface area contributed by atoms with Crippen molar-refractivity contribution in [1.82, 2.24) is 15.1 Å². The van der Waals surface area contributed by atoms with E-state index in [0.29, 0.717) is 5.92 Å². The fraction of sp³-hybridized carbons (Fsp3) is 0.933. The topological polar surface area (TPSA) is 44.8 Å². The lowest BCUT2D eigenvalue weighted by molar-refractivity contribution is -0.0144. The molecule has 3 aliphatic heterocycles. The molecule has 114 valence electrons. The minimum absolute atomic E-state index is 0.0324. The second-order valence-electron chi connectivity index (χ2n) is 6.61. The fourth-order valence-corrected chi connectivity index (χ4v) is 3.86. The van der Waals surface area contributed by atoms with Crippen LogP contribution in [0.3, 0.4) is 0 Å². The molecule has 5 nitrogen and oxygen atoms in total. The molecule has 0 aromatic heterocycles. The summed E-state index contributed by atoms with van der Waals surface area (Å²) in [5.41, 5.74) is 0.0324. The van der Waals surface area contributed by atoms with E-state index in [9.17, 15) is 4.79 Å².